The van der Waals surface area contributed by atoms with Gasteiger partial charge < -0.3 is 10.1 Å². The first-order chi connectivity index (χ1) is 12.7. The average Bonchev–Trinajstić information content (AvgIpc) is 3.30. The van der Waals surface area contributed by atoms with Crippen molar-refractivity contribution in [2.45, 2.75) is 25.7 Å². The maximum absolute atomic E-state index is 13.7. The Kier molecular flexibility index (Phi) is 4.56. The Balaban J connectivity index is 1.48. The van der Waals surface area contributed by atoms with Crippen molar-refractivity contribution in [1.29, 1.82) is 0 Å². The van der Waals surface area contributed by atoms with Gasteiger partial charge in [0, 0.05) is 11.5 Å². The summed E-state index contributed by atoms with van der Waals surface area (Å²) in [5.74, 6) is 0.698. The Morgan fingerprint density at radius 3 is 2.85 bits per heavy atom. The topological polar surface area (TPSA) is 67.0 Å². The molecule has 0 spiro atoms. The van der Waals surface area contributed by atoms with Crippen molar-refractivity contribution in [2.75, 3.05) is 11.9 Å². The number of rotatable bonds is 5. The number of halogens is 1. The number of amides is 1. The lowest BCUT2D eigenvalue weighted by Crippen LogP contribution is -2.14. The maximum Gasteiger partial charge on any atom is 0.259 e. The smallest absolute Gasteiger partial charge is 0.259 e. The number of aromatic nitrogens is 2. The minimum atomic E-state index is -0.563. The highest BCUT2D eigenvalue weighted by Gasteiger charge is 2.17. The molecule has 1 amide bonds. The fourth-order valence-corrected chi connectivity index (χ4v) is 3.40. The van der Waals surface area contributed by atoms with Crippen molar-refractivity contribution in [3.63, 3.8) is 0 Å². The minimum Gasteiger partial charge on any atom is -0.493 e. The van der Waals surface area contributed by atoms with Crippen LogP contribution in [-0.2, 0) is 0 Å². The van der Waals surface area contributed by atoms with E-state index in [1.54, 1.807) is 12.1 Å². The van der Waals surface area contributed by atoms with Crippen LogP contribution in [0.4, 0.5) is 10.2 Å². The van der Waals surface area contributed by atoms with Gasteiger partial charge in [0.2, 0.25) is 0 Å². The summed E-state index contributed by atoms with van der Waals surface area (Å²) in [7, 11) is 0. The fourth-order valence-electron chi connectivity index (χ4n) is 3.40. The van der Waals surface area contributed by atoms with E-state index in [9.17, 15) is 9.18 Å². The molecule has 1 heterocycles. The molecule has 3 aromatic rings. The average molecular weight is 353 g/mol. The van der Waals surface area contributed by atoms with E-state index in [-0.39, 0.29) is 5.56 Å². The van der Waals surface area contributed by atoms with Gasteiger partial charge >= 0.3 is 0 Å². The molecule has 1 aromatic heterocycles. The molecule has 0 bridgehead atoms. The molecule has 2 N–H and O–H groups in total. The number of anilines is 1. The Hall–Kier alpha value is -2.89. The summed E-state index contributed by atoms with van der Waals surface area (Å²) < 4.78 is 19.6. The first kappa shape index (κ1) is 16.6. The van der Waals surface area contributed by atoms with E-state index in [0.29, 0.717) is 11.7 Å². The lowest BCUT2D eigenvalue weighted by molar-refractivity contribution is 0.102. The van der Waals surface area contributed by atoms with Gasteiger partial charge in [0.05, 0.1) is 17.7 Å². The lowest BCUT2D eigenvalue weighted by atomic mass is 10.1. The maximum atomic E-state index is 13.7. The van der Waals surface area contributed by atoms with Crippen molar-refractivity contribution in [1.82, 2.24) is 10.2 Å². The standard InChI is InChI=1S/C20H20FN3O2/c21-17-8-4-3-7-15(17)20(25)22-19-16-10-9-14(11-18(16)23-24-19)26-12-13-5-1-2-6-13/h3-4,7-11,13H,1-2,5-6,12H2,(H2,22,23,24,25). The largest absolute Gasteiger partial charge is 0.493 e. The van der Waals surface area contributed by atoms with Gasteiger partial charge in [0.15, 0.2) is 5.82 Å². The van der Waals surface area contributed by atoms with Crippen LogP contribution in [0.25, 0.3) is 10.9 Å². The van der Waals surface area contributed by atoms with Crippen molar-refractivity contribution < 1.29 is 13.9 Å². The number of carbonyl (C=O) groups excluding carboxylic acids is 1. The van der Waals surface area contributed by atoms with Gasteiger partial charge in [-0.25, -0.2) is 4.39 Å². The minimum absolute atomic E-state index is 0.0137. The number of fused-ring (bicyclic) bond motifs is 1. The van der Waals surface area contributed by atoms with Gasteiger partial charge in [-0.1, -0.05) is 25.0 Å². The molecule has 1 aliphatic carbocycles. The molecule has 134 valence electrons. The summed E-state index contributed by atoms with van der Waals surface area (Å²) in [4.78, 5) is 12.3. The predicted molar refractivity (Wildman–Crippen MR) is 97.9 cm³/mol. The molecular weight excluding hydrogens is 333 g/mol. The van der Waals surface area contributed by atoms with E-state index in [1.807, 2.05) is 18.2 Å². The summed E-state index contributed by atoms with van der Waals surface area (Å²) >= 11 is 0. The number of hydrogen-bond donors (Lipinski definition) is 2. The molecule has 1 fully saturated rings. The second kappa shape index (κ2) is 7.15. The first-order valence-electron chi connectivity index (χ1n) is 8.87. The predicted octanol–water partition coefficient (Wildman–Crippen LogP) is 4.52. The number of nitrogens with one attached hydrogen (secondary N) is 2. The number of carbonyl (C=O) groups is 1. The van der Waals surface area contributed by atoms with E-state index in [1.165, 1.54) is 37.8 Å². The summed E-state index contributed by atoms with van der Waals surface area (Å²) in [5, 5.41) is 10.4. The van der Waals surface area contributed by atoms with Crippen LogP contribution in [0.15, 0.2) is 42.5 Å². The monoisotopic (exact) mass is 353 g/mol. The van der Waals surface area contributed by atoms with Gasteiger partial charge in [0.25, 0.3) is 5.91 Å². The number of H-pyrrole nitrogens is 1. The van der Waals surface area contributed by atoms with Crippen molar-refractivity contribution in [3.05, 3.63) is 53.8 Å². The molecule has 0 atom stereocenters. The number of aromatic amines is 1. The molecule has 0 unspecified atom stereocenters. The number of benzene rings is 2. The van der Waals surface area contributed by atoms with Crippen LogP contribution < -0.4 is 10.1 Å². The van der Waals surface area contributed by atoms with Gasteiger partial charge in [-0.3, -0.25) is 9.89 Å². The van der Waals surface area contributed by atoms with E-state index < -0.39 is 11.7 Å². The zero-order valence-corrected chi connectivity index (χ0v) is 14.3. The molecule has 0 saturated heterocycles. The highest BCUT2D eigenvalue weighted by molar-refractivity contribution is 6.08. The van der Waals surface area contributed by atoms with Crippen molar-refractivity contribution in [3.8, 4) is 5.75 Å². The SMILES string of the molecule is O=C(Nc1n[nH]c2cc(OCC3CCCC3)ccc12)c1ccccc1F. The zero-order chi connectivity index (χ0) is 17.9. The summed E-state index contributed by atoms with van der Waals surface area (Å²) in [6.07, 6.45) is 5.05. The number of ether oxygens (including phenoxy) is 1. The zero-order valence-electron chi connectivity index (χ0n) is 14.3. The second-order valence-corrected chi connectivity index (χ2v) is 6.68. The van der Waals surface area contributed by atoms with Crippen molar-refractivity contribution in [2.24, 2.45) is 5.92 Å². The van der Waals surface area contributed by atoms with Crippen LogP contribution in [0.5, 0.6) is 5.75 Å². The van der Waals surface area contributed by atoms with E-state index in [2.05, 4.69) is 15.5 Å². The fraction of sp³-hybridized carbons (Fsp3) is 0.300. The second-order valence-electron chi connectivity index (χ2n) is 6.68. The summed E-state index contributed by atoms with van der Waals surface area (Å²) in [5.41, 5.74) is 0.748. The number of nitrogens with zero attached hydrogens (tertiary/aromatic N) is 1. The summed E-state index contributed by atoms with van der Waals surface area (Å²) in [6, 6.07) is 11.4. The number of hydrogen-bond acceptors (Lipinski definition) is 3. The highest BCUT2D eigenvalue weighted by atomic mass is 19.1. The highest BCUT2D eigenvalue weighted by Crippen LogP contribution is 2.28. The molecule has 1 saturated carbocycles. The van der Waals surface area contributed by atoms with E-state index in [4.69, 9.17) is 4.74 Å². The molecule has 2 aromatic carbocycles. The van der Waals surface area contributed by atoms with Crippen molar-refractivity contribution >= 4 is 22.6 Å². The molecule has 0 aliphatic heterocycles. The normalized spacial score (nSPS) is 14.7. The van der Waals surface area contributed by atoms with Gasteiger partial charge in [-0.05, 0) is 43.0 Å². The van der Waals surface area contributed by atoms with Crippen LogP contribution in [-0.4, -0.2) is 22.7 Å². The van der Waals surface area contributed by atoms with Crippen LogP contribution in [0, 0.1) is 11.7 Å². The third-order valence-electron chi connectivity index (χ3n) is 4.85. The third-order valence-corrected chi connectivity index (χ3v) is 4.85. The molecule has 6 heteroatoms. The Morgan fingerprint density at radius 1 is 1.23 bits per heavy atom. The molecular formula is C20H20FN3O2. The van der Waals surface area contributed by atoms with Crippen LogP contribution in [0.2, 0.25) is 0 Å². The Bertz CT molecular complexity index is 932. The summed E-state index contributed by atoms with van der Waals surface area (Å²) in [6.45, 7) is 0.733. The first-order valence-corrected chi connectivity index (χ1v) is 8.87. The van der Waals surface area contributed by atoms with E-state index >= 15 is 0 Å². The third kappa shape index (κ3) is 3.40. The lowest BCUT2D eigenvalue weighted by Gasteiger charge is -2.11. The van der Waals surface area contributed by atoms with Crippen LogP contribution >= 0.6 is 0 Å². The molecule has 4 rings (SSSR count). The molecule has 1 aliphatic rings. The van der Waals surface area contributed by atoms with Gasteiger partial charge in [-0.2, -0.15) is 5.10 Å². The van der Waals surface area contributed by atoms with Crippen LogP contribution in [0.1, 0.15) is 36.0 Å². The van der Waals surface area contributed by atoms with E-state index in [0.717, 1.165) is 23.3 Å². The molecule has 5 nitrogen and oxygen atoms in total. The quantitative estimate of drug-likeness (QED) is 0.708. The molecule has 0 radical (unpaired) electrons. The molecule has 26 heavy (non-hydrogen) atoms. The van der Waals surface area contributed by atoms with Gasteiger partial charge in [0.1, 0.15) is 11.6 Å². The Morgan fingerprint density at radius 2 is 2.04 bits per heavy atom. The van der Waals surface area contributed by atoms with Crippen LogP contribution in [0.3, 0.4) is 0 Å². The Labute approximate surface area is 150 Å². The van der Waals surface area contributed by atoms with Gasteiger partial charge in [-0.15, -0.1) is 0 Å².